The van der Waals surface area contributed by atoms with Gasteiger partial charge in [0.1, 0.15) is 12.7 Å². The summed E-state index contributed by atoms with van der Waals surface area (Å²) in [5.41, 5.74) is 1.02. The van der Waals surface area contributed by atoms with Crippen LogP contribution in [0.3, 0.4) is 0 Å². The van der Waals surface area contributed by atoms with Gasteiger partial charge in [-0.1, -0.05) is 30.3 Å². The Morgan fingerprint density at radius 1 is 1.24 bits per heavy atom. The Hall–Kier alpha value is -2.70. The SMILES string of the molecule is O=C(CCCNC(=O)C1CC1)N[C@H](Cn1cncn1)c1ccccc1. The topological polar surface area (TPSA) is 88.9 Å². The molecule has 0 bridgehead atoms. The van der Waals surface area contributed by atoms with Gasteiger partial charge in [0.05, 0.1) is 12.6 Å². The Kier molecular flexibility index (Phi) is 5.77. The first-order valence-electron chi connectivity index (χ1n) is 8.67. The van der Waals surface area contributed by atoms with Crippen LogP contribution < -0.4 is 10.6 Å². The molecule has 2 amide bonds. The summed E-state index contributed by atoms with van der Waals surface area (Å²) in [6.07, 6.45) is 6.11. The number of benzene rings is 1. The van der Waals surface area contributed by atoms with E-state index >= 15 is 0 Å². The second-order valence-corrected chi connectivity index (χ2v) is 6.32. The number of aromatic nitrogens is 3. The summed E-state index contributed by atoms with van der Waals surface area (Å²) in [5, 5.41) is 10.0. The predicted octanol–water partition coefficient (Wildman–Crippen LogP) is 1.44. The molecule has 0 spiro atoms. The number of nitrogens with one attached hydrogen (secondary N) is 2. The third kappa shape index (κ3) is 5.41. The maximum absolute atomic E-state index is 12.3. The van der Waals surface area contributed by atoms with Gasteiger partial charge in [-0.15, -0.1) is 0 Å². The highest BCUT2D eigenvalue weighted by molar-refractivity contribution is 5.81. The van der Waals surface area contributed by atoms with Gasteiger partial charge < -0.3 is 10.6 Å². The van der Waals surface area contributed by atoms with Crippen LogP contribution >= 0.6 is 0 Å². The Labute approximate surface area is 146 Å². The second-order valence-electron chi connectivity index (χ2n) is 6.32. The lowest BCUT2D eigenvalue weighted by molar-refractivity contribution is -0.124. The van der Waals surface area contributed by atoms with E-state index in [1.807, 2.05) is 30.3 Å². The molecule has 7 nitrogen and oxygen atoms in total. The monoisotopic (exact) mass is 341 g/mol. The van der Waals surface area contributed by atoms with Crippen LogP contribution in [-0.2, 0) is 16.1 Å². The van der Waals surface area contributed by atoms with E-state index in [1.165, 1.54) is 6.33 Å². The van der Waals surface area contributed by atoms with Gasteiger partial charge in [-0.05, 0) is 24.8 Å². The summed E-state index contributed by atoms with van der Waals surface area (Å²) < 4.78 is 1.70. The number of rotatable bonds is 9. The number of amides is 2. The first-order valence-corrected chi connectivity index (χ1v) is 8.67. The summed E-state index contributed by atoms with van der Waals surface area (Å²) in [7, 11) is 0. The molecule has 0 unspecified atom stereocenters. The lowest BCUT2D eigenvalue weighted by Crippen LogP contribution is -2.32. The van der Waals surface area contributed by atoms with Crippen molar-refractivity contribution in [2.24, 2.45) is 5.92 Å². The molecule has 132 valence electrons. The molecule has 3 rings (SSSR count). The maximum Gasteiger partial charge on any atom is 0.223 e. The molecule has 1 saturated carbocycles. The van der Waals surface area contributed by atoms with Crippen molar-refractivity contribution in [1.29, 1.82) is 0 Å². The Bertz CT molecular complexity index is 683. The normalized spacial score (nSPS) is 14.7. The lowest BCUT2D eigenvalue weighted by Gasteiger charge is -2.19. The number of hydrogen-bond acceptors (Lipinski definition) is 4. The van der Waals surface area contributed by atoms with Crippen LogP contribution in [0.2, 0.25) is 0 Å². The van der Waals surface area contributed by atoms with Crippen LogP contribution in [0, 0.1) is 5.92 Å². The van der Waals surface area contributed by atoms with Gasteiger partial charge in [0.25, 0.3) is 0 Å². The smallest absolute Gasteiger partial charge is 0.223 e. The van der Waals surface area contributed by atoms with Crippen molar-refractivity contribution in [2.75, 3.05) is 6.54 Å². The second kappa shape index (κ2) is 8.41. The summed E-state index contributed by atoms with van der Waals surface area (Å²) >= 11 is 0. The fourth-order valence-corrected chi connectivity index (χ4v) is 2.65. The Morgan fingerprint density at radius 3 is 2.72 bits per heavy atom. The Morgan fingerprint density at radius 2 is 2.04 bits per heavy atom. The highest BCUT2D eigenvalue weighted by Gasteiger charge is 2.29. The van der Waals surface area contributed by atoms with Crippen molar-refractivity contribution in [2.45, 2.75) is 38.3 Å². The third-order valence-corrected chi connectivity index (χ3v) is 4.20. The third-order valence-electron chi connectivity index (χ3n) is 4.20. The first-order chi connectivity index (χ1) is 12.2. The van der Waals surface area contributed by atoms with E-state index in [-0.39, 0.29) is 23.8 Å². The van der Waals surface area contributed by atoms with E-state index in [4.69, 9.17) is 0 Å². The van der Waals surface area contributed by atoms with Crippen LogP contribution in [0.1, 0.15) is 37.3 Å². The molecular formula is C18H23N5O2. The van der Waals surface area contributed by atoms with Crippen LogP contribution in [0.5, 0.6) is 0 Å². The van der Waals surface area contributed by atoms with Crippen molar-refractivity contribution >= 4 is 11.8 Å². The molecule has 0 saturated heterocycles. The molecule has 0 aliphatic heterocycles. The zero-order valence-corrected chi connectivity index (χ0v) is 14.1. The van der Waals surface area contributed by atoms with E-state index in [9.17, 15) is 9.59 Å². The molecule has 1 aromatic carbocycles. The Balaban J connectivity index is 1.48. The van der Waals surface area contributed by atoms with Gasteiger partial charge in [-0.2, -0.15) is 5.10 Å². The summed E-state index contributed by atoms with van der Waals surface area (Å²) in [5.74, 6) is 0.294. The minimum Gasteiger partial charge on any atom is -0.356 e. The fourth-order valence-electron chi connectivity index (χ4n) is 2.65. The molecule has 2 N–H and O–H groups in total. The molecule has 1 atom stereocenters. The van der Waals surface area contributed by atoms with Crippen LogP contribution in [-0.4, -0.2) is 33.1 Å². The highest BCUT2D eigenvalue weighted by Crippen LogP contribution is 2.28. The molecule has 2 aromatic rings. The summed E-state index contributed by atoms with van der Waals surface area (Å²) in [4.78, 5) is 27.8. The van der Waals surface area contributed by atoms with Gasteiger partial charge in [0.2, 0.25) is 11.8 Å². The van der Waals surface area contributed by atoms with Crippen molar-refractivity contribution < 1.29 is 9.59 Å². The maximum atomic E-state index is 12.3. The van der Waals surface area contributed by atoms with E-state index in [0.29, 0.717) is 25.9 Å². The van der Waals surface area contributed by atoms with Gasteiger partial charge in [-0.25, -0.2) is 4.98 Å². The van der Waals surface area contributed by atoms with Crippen LogP contribution in [0.15, 0.2) is 43.0 Å². The van der Waals surface area contributed by atoms with Gasteiger partial charge in [0, 0.05) is 18.9 Å². The molecule has 0 radical (unpaired) electrons. The van der Waals surface area contributed by atoms with Crippen molar-refractivity contribution in [3.8, 4) is 0 Å². The van der Waals surface area contributed by atoms with Crippen molar-refractivity contribution in [3.05, 3.63) is 48.5 Å². The zero-order chi connectivity index (χ0) is 17.5. The molecule has 1 fully saturated rings. The summed E-state index contributed by atoms with van der Waals surface area (Å²) in [6.45, 7) is 1.07. The number of hydrogen-bond donors (Lipinski definition) is 2. The molecule has 1 aliphatic carbocycles. The quantitative estimate of drug-likeness (QED) is 0.676. The number of nitrogens with zero attached hydrogens (tertiary/aromatic N) is 3. The zero-order valence-electron chi connectivity index (χ0n) is 14.1. The highest BCUT2D eigenvalue weighted by atomic mass is 16.2. The van der Waals surface area contributed by atoms with Gasteiger partial charge >= 0.3 is 0 Å². The number of carbonyl (C=O) groups is 2. The molecule has 7 heteroatoms. The first kappa shape index (κ1) is 17.1. The molecule has 1 aromatic heterocycles. The van der Waals surface area contributed by atoms with Gasteiger partial charge in [0.15, 0.2) is 0 Å². The van der Waals surface area contributed by atoms with E-state index < -0.39 is 0 Å². The fraction of sp³-hybridized carbons (Fsp3) is 0.444. The standard InChI is InChI=1S/C18H23N5O2/c24-17(7-4-10-20-18(25)15-8-9-15)22-16(11-23-13-19-12-21-23)14-5-2-1-3-6-14/h1-3,5-6,12-13,15-16H,4,7-11H2,(H,20,25)(H,22,24)/t16-/m1/s1. The molecule has 1 aliphatic rings. The molecule has 1 heterocycles. The van der Waals surface area contributed by atoms with E-state index in [2.05, 4.69) is 20.7 Å². The molecular weight excluding hydrogens is 318 g/mol. The number of carbonyl (C=O) groups excluding carboxylic acids is 2. The summed E-state index contributed by atoms with van der Waals surface area (Å²) in [6, 6.07) is 9.64. The molecule has 25 heavy (non-hydrogen) atoms. The van der Waals surface area contributed by atoms with Crippen LogP contribution in [0.4, 0.5) is 0 Å². The minimum absolute atomic E-state index is 0.0327. The largest absolute Gasteiger partial charge is 0.356 e. The van der Waals surface area contributed by atoms with E-state index in [1.54, 1.807) is 11.0 Å². The van der Waals surface area contributed by atoms with Crippen molar-refractivity contribution in [1.82, 2.24) is 25.4 Å². The average Bonchev–Trinajstić information content (AvgIpc) is 3.36. The van der Waals surface area contributed by atoms with E-state index in [0.717, 1.165) is 18.4 Å². The average molecular weight is 341 g/mol. The van der Waals surface area contributed by atoms with Crippen LogP contribution in [0.25, 0.3) is 0 Å². The van der Waals surface area contributed by atoms with Crippen molar-refractivity contribution in [3.63, 3.8) is 0 Å². The lowest BCUT2D eigenvalue weighted by atomic mass is 10.1. The minimum atomic E-state index is -0.170. The predicted molar refractivity (Wildman–Crippen MR) is 92.3 cm³/mol. The van der Waals surface area contributed by atoms with Gasteiger partial charge in [-0.3, -0.25) is 14.3 Å².